The summed E-state index contributed by atoms with van der Waals surface area (Å²) in [7, 11) is 1.86. The number of aromatic nitrogens is 2. The van der Waals surface area contributed by atoms with Crippen LogP contribution < -0.4 is 4.74 Å². The molecule has 0 aliphatic carbocycles. The summed E-state index contributed by atoms with van der Waals surface area (Å²) in [4.78, 5) is 29.9. The highest BCUT2D eigenvalue weighted by molar-refractivity contribution is 5.79. The predicted molar refractivity (Wildman–Crippen MR) is 124 cm³/mol. The molecule has 2 aromatic rings. The van der Waals surface area contributed by atoms with Gasteiger partial charge in [-0.1, -0.05) is 0 Å². The fourth-order valence-electron chi connectivity index (χ4n) is 4.62. The Morgan fingerprint density at radius 2 is 1.82 bits per heavy atom. The van der Waals surface area contributed by atoms with Crippen molar-refractivity contribution in [2.75, 3.05) is 39.4 Å². The minimum atomic E-state index is -0.955. The standard InChI is InChI=1S/C25H33FN4O4/c1-28-21(11-12-27-28)7-10-23(31)30-15-16-34-25(18-30,17-24(32)29-13-3-2-4-14-29)19-33-22-8-5-20(26)6-9-22/h5-6,8-9,11-12H,2-4,7,10,13-19H2,1H3. The van der Waals surface area contributed by atoms with Gasteiger partial charge in [-0.25, -0.2) is 4.39 Å². The zero-order valence-electron chi connectivity index (χ0n) is 19.7. The Morgan fingerprint density at radius 1 is 1.06 bits per heavy atom. The lowest BCUT2D eigenvalue weighted by molar-refractivity contribution is -0.166. The Kier molecular flexibility index (Phi) is 7.82. The summed E-state index contributed by atoms with van der Waals surface area (Å²) >= 11 is 0. The molecule has 2 fully saturated rings. The van der Waals surface area contributed by atoms with E-state index in [0.717, 1.165) is 38.0 Å². The second kappa shape index (κ2) is 11.0. The summed E-state index contributed by atoms with van der Waals surface area (Å²) in [6.07, 6.45) is 5.96. The van der Waals surface area contributed by atoms with E-state index in [9.17, 15) is 14.0 Å². The third-order valence-electron chi connectivity index (χ3n) is 6.62. The van der Waals surface area contributed by atoms with E-state index < -0.39 is 5.60 Å². The highest BCUT2D eigenvalue weighted by Gasteiger charge is 2.42. The average molecular weight is 473 g/mol. The highest BCUT2D eigenvalue weighted by atomic mass is 19.1. The smallest absolute Gasteiger partial charge is 0.225 e. The fraction of sp³-hybridized carbons (Fsp3) is 0.560. The number of amides is 2. The number of hydrogen-bond donors (Lipinski definition) is 0. The van der Waals surface area contributed by atoms with Crippen LogP contribution in [0.25, 0.3) is 0 Å². The molecule has 0 spiro atoms. The van der Waals surface area contributed by atoms with E-state index in [1.807, 2.05) is 18.0 Å². The van der Waals surface area contributed by atoms with Gasteiger partial charge in [-0.15, -0.1) is 0 Å². The first-order chi connectivity index (χ1) is 16.4. The zero-order valence-corrected chi connectivity index (χ0v) is 19.7. The van der Waals surface area contributed by atoms with Crippen molar-refractivity contribution in [2.24, 2.45) is 7.05 Å². The number of hydrogen-bond acceptors (Lipinski definition) is 5. The van der Waals surface area contributed by atoms with Gasteiger partial charge in [-0.2, -0.15) is 5.10 Å². The van der Waals surface area contributed by atoms with Crippen LogP contribution >= 0.6 is 0 Å². The van der Waals surface area contributed by atoms with Crippen LogP contribution in [0.15, 0.2) is 36.5 Å². The topological polar surface area (TPSA) is 76.9 Å². The van der Waals surface area contributed by atoms with Crippen LogP contribution in [0.5, 0.6) is 5.75 Å². The van der Waals surface area contributed by atoms with E-state index in [1.54, 1.807) is 27.9 Å². The molecule has 184 valence electrons. The van der Waals surface area contributed by atoms with Crippen molar-refractivity contribution in [1.29, 1.82) is 0 Å². The zero-order chi connectivity index (χ0) is 24.0. The molecule has 2 aliphatic heterocycles. The largest absolute Gasteiger partial charge is 0.490 e. The maximum atomic E-state index is 13.3. The van der Waals surface area contributed by atoms with Gasteiger partial charge in [0.1, 0.15) is 23.8 Å². The highest BCUT2D eigenvalue weighted by Crippen LogP contribution is 2.27. The van der Waals surface area contributed by atoms with Gasteiger partial charge in [-0.3, -0.25) is 14.3 Å². The van der Waals surface area contributed by atoms with Crippen LogP contribution in [-0.4, -0.2) is 76.4 Å². The lowest BCUT2D eigenvalue weighted by Crippen LogP contribution is -2.58. The Balaban J connectivity index is 1.44. The van der Waals surface area contributed by atoms with Gasteiger partial charge in [0.15, 0.2) is 0 Å². The number of halogens is 1. The summed E-state index contributed by atoms with van der Waals surface area (Å²) in [6, 6.07) is 7.67. The number of aryl methyl sites for hydroxylation is 2. The summed E-state index contributed by atoms with van der Waals surface area (Å²) in [5.41, 5.74) is 0.0383. The van der Waals surface area contributed by atoms with E-state index in [1.165, 1.54) is 12.1 Å². The molecule has 2 aliphatic rings. The second-order valence-electron chi connectivity index (χ2n) is 9.15. The molecule has 1 aromatic carbocycles. The van der Waals surface area contributed by atoms with Crippen molar-refractivity contribution in [3.8, 4) is 5.75 Å². The number of likely N-dealkylation sites (tertiary alicyclic amines) is 1. The van der Waals surface area contributed by atoms with Gasteiger partial charge in [0, 0.05) is 45.0 Å². The minimum absolute atomic E-state index is 0.0149. The number of nitrogens with zero attached hydrogens (tertiary/aromatic N) is 4. The molecule has 2 amide bonds. The summed E-state index contributed by atoms with van der Waals surface area (Å²) in [5.74, 6) is 0.184. The number of benzene rings is 1. The molecular weight excluding hydrogens is 439 g/mol. The van der Waals surface area contributed by atoms with Crippen LogP contribution in [0.2, 0.25) is 0 Å². The van der Waals surface area contributed by atoms with E-state index in [-0.39, 0.29) is 37.2 Å². The molecule has 4 rings (SSSR count). The molecule has 34 heavy (non-hydrogen) atoms. The Hall–Kier alpha value is -2.94. The van der Waals surface area contributed by atoms with Gasteiger partial charge in [0.2, 0.25) is 11.8 Å². The average Bonchev–Trinajstić information content (AvgIpc) is 3.27. The molecule has 0 N–H and O–H groups in total. The quantitative estimate of drug-likeness (QED) is 0.590. The van der Waals surface area contributed by atoms with Crippen molar-refractivity contribution >= 4 is 11.8 Å². The van der Waals surface area contributed by atoms with Crippen LogP contribution in [0.1, 0.15) is 37.8 Å². The van der Waals surface area contributed by atoms with Gasteiger partial charge < -0.3 is 19.3 Å². The van der Waals surface area contributed by atoms with E-state index in [0.29, 0.717) is 31.7 Å². The van der Waals surface area contributed by atoms with Crippen molar-refractivity contribution in [2.45, 2.75) is 44.1 Å². The SMILES string of the molecule is Cn1nccc1CCC(=O)N1CCOC(COc2ccc(F)cc2)(CC(=O)N2CCCCC2)C1. The number of morpholine rings is 1. The molecule has 0 saturated carbocycles. The first-order valence-corrected chi connectivity index (χ1v) is 12.0. The minimum Gasteiger partial charge on any atom is -0.490 e. The molecule has 1 aromatic heterocycles. The van der Waals surface area contributed by atoms with Gasteiger partial charge in [0.25, 0.3) is 0 Å². The monoisotopic (exact) mass is 472 g/mol. The molecule has 2 saturated heterocycles. The van der Waals surface area contributed by atoms with E-state index >= 15 is 0 Å². The number of piperidine rings is 1. The lowest BCUT2D eigenvalue weighted by Gasteiger charge is -2.43. The Morgan fingerprint density at radius 3 is 2.53 bits per heavy atom. The lowest BCUT2D eigenvalue weighted by atomic mass is 9.95. The fourth-order valence-corrected chi connectivity index (χ4v) is 4.62. The molecule has 1 unspecified atom stereocenters. The Labute approximate surface area is 199 Å². The summed E-state index contributed by atoms with van der Waals surface area (Å²) in [5, 5.41) is 4.16. The predicted octanol–water partition coefficient (Wildman–Crippen LogP) is 2.57. The molecule has 9 heteroatoms. The van der Waals surface area contributed by atoms with Crippen LogP contribution in [0.4, 0.5) is 4.39 Å². The number of carbonyl (C=O) groups excluding carboxylic acids is 2. The summed E-state index contributed by atoms with van der Waals surface area (Å²) in [6.45, 7) is 2.68. The number of carbonyl (C=O) groups is 2. The molecule has 0 bridgehead atoms. The first-order valence-electron chi connectivity index (χ1n) is 12.0. The van der Waals surface area contributed by atoms with Gasteiger partial charge in [-0.05, 0) is 56.0 Å². The van der Waals surface area contributed by atoms with Crippen molar-refractivity contribution in [1.82, 2.24) is 19.6 Å². The molecule has 1 atom stereocenters. The number of ether oxygens (including phenoxy) is 2. The van der Waals surface area contributed by atoms with Crippen molar-refractivity contribution in [3.63, 3.8) is 0 Å². The third-order valence-corrected chi connectivity index (χ3v) is 6.62. The molecule has 8 nitrogen and oxygen atoms in total. The first kappa shape index (κ1) is 24.2. The third kappa shape index (κ3) is 6.14. The maximum Gasteiger partial charge on any atom is 0.225 e. The van der Waals surface area contributed by atoms with E-state index in [2.05, 4.69) is 5.10 Å². The molecule has 0 radical (unpaired) electrons. The molecule has 3 heterocycles. The van der Waals surface area contributed by atoms with Crippen LogP contribution in [-0.2, 0) is 27.8 Å². The maximum absolute atomic E-state index is 13.3. The van der Waals surface area contributed by atoms with Gasteiger partial charge >= 0.3 is 0 Å². The van der Waals surface area contributed by atoms with E-state index in [4.69, 9.17) is 9.47 Å². The summed E-state index contributed by atoms with van der Waals surface area (Å²) < 4.78 is 27.2. The Bertz CT molecular complexity index is 974. The normalized spacial score (nSPS) is 20.9. The molecular formula is C25H33FN4O4. The van der Waals surface area contributed by atoms with Crippen LogP contribution in [0.3, 0.4) is 0 Å². The van der Waals surface area contributed by atoms with Crippen molar-refractivity contribution < 1.29 is 23.5 Å². The number of rotatable bonds is 8. The van der Waals surface area contributed by atoms with Gasteiger partial charge in [0.05, 0.1) is 19.6 Å². The van der Waals surface area contributed by atoms with Crippen molar-refractivity contribution in [3.05, 3.63) is 48.0 Å². The second-order valence-corrected chi connectivity index (χ2v) is 9.15. The van der Waals surface area contributed by atoms with Crippen LogP contribution in [0, 0.1) is 5.82 Å².